The zero-order chi connectivity index (χ0) is 21.5. The van der Waals surface area contributed by atoms with Crippen LogP contribution >= 0.6 is 11.8 Å². The Hall–Kier alpha value is -2.99. The van der Waals surface area contributed by atoms with Crippen molar-refractivity contribution in [3.05, 3.63) is 83.7 Å². The van der Waals surface area contributed by atoms with Crippen LogP contribution in [0.2, 0.25) is 0 Å². The van der Waals surface area contributed by atoms with E-state index in [1.54, 1.807) is 6.92 Å². The van der Waals surface area contributed by atoms with Crippen LogP contribution in [0.15, 0.2) is 71.8 Å². The lowest BCUT2D eigenvalue weighted by Gasteiger charge is -2.11. The number of carboxylic acids is 1. The molecular formula is C24H25NO4S. The molecule has 0 aliphatic rings. The van der Waals surface area contributed by atoms with Gasteiger partial charge in [0.25, 0.3) is 0 Å². The molecule has 3 aromatic rings. The third-order valence-corrected chi connectivity index (χ3v) is 5.74. The van der Waals surface area contributed by atoms with E-state index < -0.39 is 11.2 Å². The summed E-state index contributed by atoms with van der Waals surface area (Å²) in [5.74, 6) is -0.117. The van der Waals surface area contributed by atoms with Crippen molar-refractivity contribution in [2.45, 2.75) is 37.0 Å². The number of carbonyl (C=O) groups excluding carboxylic acids is 1. The van der Waals surface area contributed by atoms with E-state index in [9.17, 15) is 9.59 Å². The molecule has 1 N–H and O–H groups in total. The van der Waals surface area contributed by atoms with Crippen molar-refractivity contribution in [3.63, 3.8) is 0 Å². The molecule has 3 rings (SSSR count). The van der Waals surface area contributed by atoms with Crippen molar-refractivity contribution in [1.29, 1.82) is 0 Å². The Morgan fingerprint density at radius 3 is 2.60 bits per heavy atom. The Labute approximate surface area is 180 Å². The van der Waals surface area contributed by atoms with Crippen LogP contribution in [0.25, 0.3) is 0 Å². The zero-order valence-corrected chi connectivity index (χ0v) is 17.9. The summed E-state index contributed by atoms with van der Waals surface area (Å²) in [5.41, 5.74) is 2.47. The summed E-state index contributed by atoms with van der Waals surface area (Å²) < 4.78 is 7.78. The first-order valence-electron chi connectivity index (χ1n) is 9.83. The van der Waals surface area contributed by atoms with Gasteiger partial charge in [-0.1, -0.05) is 35.9 Å². The van der Waals surface area contributed by atoms with Crippen LogP contribution in [-0.2, 0) is 11.3 Å². The van der Waals surface area contributed by atoms with Crippen LogP contribution < -0.4 is 4.74 Å². The molecule has 6 heteroatoms. The number of ether oxygens (including phenoxy) is 1. The molecule has 5 nitrogen and oxygen atoms in total. The van der Waals surface area contributed by atoms with Gasteiger partial charge in [0.05, 0.1) is 12.3 Å². The third-order valence-electron chi connectivity index (χ3n) is 4.65. The molecule has 0 amide bonds. The quantitative estimate of drug-likeness (QED) is 0.280. The van der Waals surface area contributed by atoms with Gasteiger partial charge in [-0.25, -0.2) is 0 Å². The average Bonchev–Trinajstić information content (AvgIpc) is 3.20. The highest BCUT2D eigenvalue weighted by Gasteiger charge is 2.14. The van der Waals surface area contributed by atoms with E-state index in [4.69, 9.17) is 9.84 Å². The molecule has 0 fully saturated rings. The van der Waals surface area contributed by atoms with Gasteiger partial charge in [0.2, 0.25) is 5.78 Å². The number of aliphatic carboxylic acids is 1. The van der Waals surface area contributed by atoms with E-state index in [0.29, 0.717) is 30.2 Å². The fraction of sp³-hybridized carbons (Fsp3) is 0.250. The van der Waals surface area contributed by atoms with Crippen molar-refractivity contribution >= 4 is 23.5 Å². The Bertz CT molecular complexity index is 1010. The molecule has 0 saturated carbocycles. The lowest BCUT2D eigenvalue weighted by Crippen LogP contribution is -2.12. The number of carbonyl (C=O) groups is 2. The molecule has 0 aliphatic carbocycles. The Morgan fingerprint density at radius 1 is 1.10 bits per heavy atom. The normalized spacial score (nSPS) is 11.8. The molecule has 0 aliphatic heterocycles. The van der Waals surface area contributed by atoms with Gasteiger partial charge >= 0.3 is 5.97 Å². The standard InChI is InChI=1S/C24H25NO4S/c1-17-9-11-19(12-10-17)23(26)22-8-4-13-25(22)14-5-15-29-20-6-3-7-21(16-20)30-18(2)24(27)28/h3-4,6-13,16,18H,5,14-15H2,1-2H3,(H,27,28). The maximum atomic E-state index is 12.8. The number of aryl methyl sites for hydroxylation is 2. The number of carboxylic acid groups (broad SMARTS) is 1. The number of aromatic nitrogens is 1. The summed E-state index contributed by atoms with van der Waals surface area (Å²) >= 11 is 1.29. The second-order valence-electron chi connectivity index (χ2n) is 7.06. The number of thioether (sulfide) groups is 1. The smallest absolute Gasteiger partial charge is 0.316 e. The number of ketones is 1. The number of benzene rings is 2. The molecule has 1 heterocycles. The molecule has 30 heavy (non-hydrogen) atoms. The Balaban J connectivity index is 1.53. The van der Waals surface area contributed by atoms with Crippen LogP contribution in [0.1, 0.15) is 35.0 Å². The van der Waals surface area contributed by atoms with E-state index in [-0.39, 0.29) is 5.78 Å². The van der Waals surface area contributed by atoms with E-state index in [1.165, 1.54) is 11.8 Å². The molecule has 0 radical (unpaired) electrons. The maximum absolute atomic E-state index is 12.8. The number of hydrogen-bond donors (Lipinski definition) is 1. The first-order valence-corrected chi connectivity index (χ1v) is 10.7. The van der Waals surface area contributed by atoms with Crippen molar-refractivity contribution in [1.82, 2.24) is 4.57 Å². The molecule has 1 unspecified atom stereocenters. The number of nitrogens with zero attached hydrogens (tertiary/aromatic N) is 1. The van der Waals surface area contributed by atoms with Crippen molar-refractivity contribution in [2.24, 2.45) is 0 Å². The SMILES string of the molecule is Cc1ccc(C(=O)c2cccn2CCCOc2cccc(SC(C)C(=O)O)c2)cc1. The van der Waals surface area contributed by atoms with Gasteiger partial charge in [-0.05, 0) is 50.6 Å². The molecule has 0 saturated heterocycles. The second-order valence-corrected chi connectivity index (χ2v) is 8.47. The predicted molar refractivity (Wildman–Crippen MR) is 119 cm³/mol. The fourth-order valence-electron chi connectivity index (χ4n) is 2.98. The first kappa shape index (κ1) is 21.7. The lowest BCUT2D eigenvalue weighted by atomic mass is 10.1. The minimum Gasteiger partial charge on any atom is -0.493 e. The van der Waals surface area contributed by atoms with Crippen molar-refractivity contribution < 1.29 is 19.4 Å². The average molecular weight is 424 g/mol. The Morgan fingerprint density at radius 2 is 1.87 bits per heavy atom. The summed E-state index contributed by atoms with van der Waals surface area (Å²) in [7, 11) is 0. The largest absolute Gasteiger partial charge is 0.493 e. The van der Waals surface area contributed by atoms with Gasteiger partial charge in [-0.3, -0.25) is 9.59 Å². The highest BCUT2D eigenvalue weighted by Crippen LogP contribution is 2.26. The molecular weight excluding hydrogens is 398 g/mol. The van der Waals surface area contributed by atoms with E-state index in [0.717, 1.165) is 16.9 Å². The minimum absolute atomic E-state index is 0.0122. The topological polar surface area (TPSA) is 68.5 Å². The maximum Gasteiger partial charge on any atom is 0.316 e. The van der Waals surface area contributed by atoms with Gasteiger partial charge in [0.15, 0.2) is 0 Å². The summed E-state index contributed by atoms with van der Waals surface area (Å²) in [6.07, 6.45) is 2.65. The number of hydrogen-bond acceptors (Lipinski definition) is 4. The van der Waals surface area contributed by atoms with Crippen LogP contribution in [-0.4, -0.2) is 33.3 Å². The summed E-state index contributed by atoms with van der Waals surface area (Å²) in [5, 5.41) is 8.53. The van der Waals surface area contributed by atoms with Gasteiger partial charge in [-0.15, -0.1) is 11.8 Å². The zero-order valence-electron chi connectivity index (χ0n) is 17.1. The third kappa shape index (κ3) is 5.76. The van der Waals surface area contributed by atoms with Gasteiger partial charge in [0.1, 0.15) is 11.0 Å². The van der Waals surface area contributed by atoms with Crippen LogP contribution in [0.4, 0.5) is 0 Å². The van der Waals surface area contributed by atoms with Gasteiger partial charge < -0.3 is 14.4 Å². The molecule has 0 spiro atoms. The Kier molecular flexibility index (Phi) is 7.36. The first-order chi connectivity index (χ1) is 14.4. The van der Waals surface area contributed by atoms with E-state index in [2.05, 4.69) is 0 Å². The second kappa shape index (κ2) is 10.2. The van der Waals surface area contributed by atoms with Gasteiger partial charge in [-0.2, -0.15) is 0 Å². The van der Waals surface area contributed by atoms with Crippen LogP contribution in [0.5, 0.6) is 5.75 Å². The van der Waals surface area contributed by atoms with E-state index in [1.807, 2.05) is 78.4 Å². The minimum atomic E-state index is -0.839. The van der Waals surface area contributed by atoms with E-state index >= 15 is 0 Å². The number of rotatable bonds is 10. The van der Waals surface area contributed by atoms with Crippen molar-refractivity contribution in [3.8, 4) is 5.75 Å². The fourth-order valence-corrected chi connectivity index (χ4v) is 3.84. The molecule has 0 bridgehead atoms. The summed E-state index contributed by atoms with van der Waals surface area (Å²) in [4.78, 5) is 24.6. The highest BCUT2D eigenvalue weighted by molar-refractivity contribution is 8.00. The molecule has 1 atom stereocenters. The van der Waals surface area contributed by atoms with Crippen LogP contribution in [0, 0.1) is 6.92 Å². The molecule has 1 aromatic heterocycles. The predicted octanol–water partition coefficient (Wildman–Crippen LogP) is 5.06. The van der Waals surface area contributed by atoms with Gasteiger partial charge in [0, 0.05) is 23.2 Å². The molecule has 156 valence electrons. The van der Waals surface area contributed by atoms with Crippen LogP contribution in [0.3, 0.4) is 0 Å². The van der Waals surface area contributed by atoms with Crippen molar-refractivity contribution in [2.75, 3.05) is 6.61 Å². The monoisotopic (exact) mass is 423 g/mol. The summed E-state index contributed by atoms with van der Waals surface area (Å²) in [6, 6.07) is 18.8. The summed E-state index contributed by atoms with van der Waals surface area (Å²) in [6.45, 7) is 4.83. The highest BCUT2D eigenvalue weighted by atomic mass is 32.2. The lowest BCUT2D eigenvalue weighted by molar-refractivity contribution is -0.136. The molecule has 2 aromatic carbocycles.